The van der Waals surface area contributed by atoms with Crippen molar-refractivity contribution in [2.75, 3.05) is 6.54 Å². The predicted octanol–water partition coefficient (Wildman–Crippen LogP) is 3.87. The van der Waals surface area contributed by atoms with Gasteiger partial charge in [0.15, 0.2) is 0 Å². The van der Waals surface area contributed by atoms with Crippen LogP contribution < -0.4 is 0 Å². The third-order valence-electron chi connectivity index (χ3n) is 3.21. The number of aliphatic carboxylic acids is 1. The third-order valence-corrected chi connectivity index (χ3v) is 4.07. The van der Waals surface area contributed by atoms with Crippen LogP contribution in [0.3, 0.4) is 0 Å². The van der Waals surface area contributed by atoms with Crippen molar-refractivity contribution in [3.8, 4) is 0 Å². The van der Waals surface area contributed by atoms with Crippen molar-refractivity contribution in [1.29, 1.82) is 0 Å². The number of hydrogen-bond acceptors (Lipinski definition) is 3. The lowest BCUT2D eigenvalue weighted by Crippen LogP contribution is -2.21. The largest absolute Gasteiger partial charge is 0.478 e. The fourth-order valence-electron chi connectivity index (χ4n) is 2.06. The van der Waals surface area contributed by atoms with E-state index < -0.39 is 5.97 Å². The summed E-state index contributed by atoms with van der Waals surface area (Å²) in [6.45, 7) is 5.03. The van der Waals surface area contributed by atoms with Crippen LogP contribution in [0.15, 0.2) is 47.9 Å². The Labute approximate surface area is 129 Å². The average molecular weight is 301 g/mol. The second-order valence-corrected chi connectivity index (χ2v) is 5.83. The molecule has 0 atom stereocenters. The molecule has 0 spiro atoms. The number of hydrogen-bond donors (Lipinski definition) is 1. The van der Waals surface area contributed by atoms with Gasteiger partial charge in [-0.3, -0.25) is 4.90 Å². The van der Waals surface area contributed by atoms with Gasteiger partial charge < -0.3 is 5.11 Å². The summed E-state index contributed by atoms with van der Waals surface area (Å²) in [5.74, 6) is -0.924. The Morgan fingerprint density at radius 2 is 2.00 bits per heavy atom. The van der Waals surface area contributed by atoms with E-state index >= 15 is 0 Å². The molecule has 2 rings (SSSR count). The van der Waals surface area contributed by atoms with E-state index in [1.165, 1.54) is 10.4 Å². The van der Waals surface area contributed by atoms with Crippen LogP contribution in [0.2, 0.25) is 0 Å². The highest BCUT2D eigenvalue weighted by Gasteiger charge is 2.05. The molecule has 0 bridgehead atoms. The molecule has 0 saturated carbocycles. The van der Waals surface area contributed by atoms with E-state index in [4.69, 9.17) is 5.11 Å². The molecule has 1 aromatic heterocycles. The SMILES string of the molecule is CCN(Cc1ccc(C=CC(=O)O)cc1)Cc1cccs1. The first kappa shape index (κ1) is 15.5. The molecule has 110 valence electrons. The van der Waals surface area contributed by atoms with Crippen LogP contribution in [0, 0.1) is 0 Å². The van der Waals surface area contributed by atoms with Crippen molar-refractivity contribution in [2.24, 2.45) is 0 Å². The molecule has 3 nitrogen and oxygen atoms in total. The standard InChI is InChI=1S/C17H19NO2S/c1-2-18(13-16-4-3-11-21-16)12-15-7-5-14(6-8-15)9-10-17(19)20/h3-11H,2,12-13H2,1H3,(H,19,20). The topological polar surface area (TPSA) is 40.5 Å². The summed E-state index contributed by atoms with van der Waals surface area (Å²) in [5.41, 5.74) is 2.14. The lowest BCUT2D eigenvalue weighted by atomic mass is 10.1. The number of rotatable bonds is 7. The zero-order valence-electron chi connectivity index (χ0n) is 12.0. The molecule has 1 aromatic carbocycles. The van der Waals surface area contributed by atoms with Crippen LogP contribution in [-0.4, -0.2) is 22.5 Å². The number of carboxylic acid groups (broad SMARTS) is 1. The van der Waals surface area contributed by atoms with Crippen LogP contribution >= 0.6 is 11.3 Å². The van der Waals surface area contributed by atoms with Gasteiger partial charge in [-0.25, -0.2) is 4.79 Å². The Morgan fingerprint density at radius 1 is 1.24 bits per heavy atom. The van der Waals surface area contributed by atoms with Gasteiger partial charge in [0.25, 0.3) is 0 Å². The molecule has 4 heteroatoms. The molecule has 21 heavy (non-hydrogen) atoms. The molecule has 0 saturated heterocycles. The highest BCUT2D eigenvalue weighted by Crippen LogP contribution is 2.15. The highest BCUT2D eigenvalue weighted by molar-refractivity contribution is 7.09. The van der Waals surface area contributed by atoms with E-state index in [1.54, 1.807) is 17.4 Å². The minimum Gasteiger partial charge on any atom is -0.478 e. The van der Waals surface area contributed by atoms with Gasteiger partial charge in [-0.05, 0) is 35.2 Å². The molecule has 2 aromatic rings. The van der Waals surface area contributed by atoms with Crippen molar-refractivity contribution in [1.82, 2.24) is 4.90 Å². The van der Waals surface area contributed by atoms with Crippen molar-refractivity contribution >= 4 is 23.4 Å². The molecule has 1 N–H and O–H groups in total. The normalized spacial score (nSPS) is 11.3. The minimum atomic E-state index is -0.924. The van der Waals surface area contributed by atoms with Crippen LogP contribution in [0.5, 0.6) is 0 Å². The predicted molar refractivity (Wildman–Crippen MR) is 87.2 cm³/mol. The van der Waals surface area contributed by atoms with Gasteiger partial charge in [0.2, 0.25) is 0 Å². The Bertz CT molecular complexity index is 588. The molecule has 1 heterocycles. The maximum absolute atomic E-state index is 10.5. The maximum Gasteiger partial charge on any atom is 0.328 e. The van der Waals surface area contributed by atoms with Gasteiger partial charge in [0.1, 0.15) is 0 Å². The molecule has 0 aliphatic heterocycles. The van der Waals surface area contributed by atoms with Gasteiger partial charge >= 0.3 is 5.97 Å². The third kappa shape index (κ3) is 5.17. The second kappa shape index (κ2) is 7.76. The summed E-state index contributed by atoms with van der Waals surface area (Å²) < 4.78 is 0. The van der Waals surface area contributed by atoms with Gasteiger partial charge in [0, 0.05) is 24.0 Å². The Kier molecular flexibility index (Phi) is 5.72. The van der Waals surface area contributed by atoms with E-state index in [0.29, 0.717) is 0 Å². The van der Waals surface area contributed by atoms with E-state index in [2.05, 4.69) is 41.5 Å². The summed E-state index contributed by atoms with van der Waals surface area (Å²) in [4.78, 5) is 14.2. The lowest BCUT2D eigenvalue weighted by molar-refractivity contribution is -0.131. The Hall–Kier alpha value is -1.91. The quantitative estimate of drug-likeness (QED) is 0.789. The molecular formula is C17H19NO2S. The van der Waals surface area contributed by atoms with Gasteiger partial charge in [-0.2, -0.15) is 0 Å². The van der Waals surface area contributed by atoms with Crippen molar-refractivity contribution in [3.63, 3.8) is 0 Å². The molecule has 0 aliphatic rings. The summed E-state index contributed by atoms with van der Waals surface area (Å²) in [6.07, 6.45) is 2.76. The molecule has 0 radical (unpaired) electrons. The first-order valence-corrected chi connectivity index (χ1v) is 7.80. The van der Waals surface area contributed by atoms with E-state index in [9.17, 15) is 4.79 Å². The lowest BCUT2D eigenvalue weighted by Gasteiger charge is -2.19. The summed E-state index contributed by atoms with van der Waals surface area (Å²) in [6, 6.07) is 12.3. The smallest absolute Gasteiger partial charge is 0.328 e. The van der Waals surface area contributed by atoms with Crippen LogP contribution in [0.25, 0.3) is 6.08 Å². The van der Waals surface area contributed by atoms with Crippen LogP contribution in [0.1, 0.15) is 22.9 Å². The van der Waals surface area contributed by atoms with Gasteiger partial charge in [0.05, 0.1) is 0 Å². The maximum atomic E-state index is 10.5. The zero-order chi connectivity index (χ0) is 15.1. The summed E-state index contributed by atoms with van der Waals surface area (Å²) in [7, 11) is 0. The number of nitrogens with zero attached hydrogens (tertiary/aromatic N) is 1. The van der Waals surface area contributed by atoms with Gasteiger partial charge in [-0.1, -0.05) is 37.3 Å². The zero-order valence-corrected chi connectivity index (χ0v) is 12.8. The van der Waals surface area contributed by atoms with Crippen molar-refractivity contribution in [2.45, 2.75) is 20.0 Å². The summed E-state index contributed by atoms with van der Waals surface area (Å²) in [5, 5.41) is 10.7. The molecule has 0 unspecified atom stereocenters. The molecular weight excluding hydrogens is 282 g/mol. The van der Waals surface area contributed by atoms with Gasteiger partial charge in [-0.15, -0.1) is 11.3 Å². The van der Waals surface area contributed by atoms with E-state index in [1.807, 2.05) is 12.1 Å². The highest BCUT2D eigenvalue weighted by atomic mass is 32.1. The fraction of sp³-hybridized carbons (Fsp3) is 0.235. The van der Waals surface area contributed by atoms with Crippen LogP contribution in [0.4, 0.5) is 0 Å². The average Bonchev–Trinajstić information content (AvgIpc) is 2.98. The Balaban J connectivity index is 1.96. The fourth-order valence-corrected chi connectivity index (χ4v) is 2.81. The van der Waals surface area contributed by atoms with E-state index in [-0.39, 0.29) is 0 Å². The molecule has 0 aliphatic carbocycles. The molecule has 0 amide bonds. The number of thiophene rings is 1. The second-order valence-electron chi connectivity index (χ2n) is 4.80. The first-order valence-electron chi connectivity index (χ1n) is 6.92. The minimum absolute atomic E-state index is 0.900. The number of carbonyl (C=O) groups is 1. The number of carboxylic acids is 1. The van der Waals surface area contributed by atoms with Crippen LogP contribution in [-0.2, 0) is 17.9 Å². The summed E-state index contributed by atoms with van der Waals surface area (Å²) >= 11 is 1.78. The monoisotopic (exact) mass is 301 g/mol. The Morgan fingerprint density at radius 3 is 2.57 bits per heavy atom. The van der Waals surface area contributed by atoms with Crippen molar-refractivity contribution in [3.05, 3.63) is 63.9 Å². The van der Waals surface area contributed by atoms with Crippen molar-refractivity contribution < 1.29 is 9.90 Å². The number of benzene rings is 1. The van der Waals surface area contributed by atoms with E-state index in [0.717, 1.165) is 31.3 Å². The molecule has 0 fully saturated rings. The first-order chi connectivity index (χ1) is 10.2.